The number of amides is 2. The van der Waals surface area contributed by atoms with E-state index in [1.165, 1.54) is 0 Å². The molecule has 2 fully saturated rings. The average Bonchev–Trinajstić information content (AvgIpc) is 2.43. The van der Waals surface area contributed by atoms with Crippen molar-refractivity contribution in [1.82, 2.24) is 10.2 Å². The number of piperidine rings is 1. The number of rotatable bonds is 4. The molecule has 5 nitrogen and oxygen atoms in total. The molecule has 0 unspecified atom stereocenters. The summed E-state index contributed by atoms with van der Waals surface area (Å²) in [4.78, 5) is 25.6. The van der Waals surface area contributed by atoms with Crippen molar-refractivity contribution >= 4 is 12.0 Å². The van der Waals surface area contributed by atoms with Crippen molar-refractivity contribution in [3.05, 3.63) is 0 Å². The zero-order valence-electron chi connectivity index (χ0n) is 14.5. The lowest BCUT2D eigenvalue weighted by Crippen LogP contribution is -2.68. The van der Waals surface area contributed by atoms with Gasteiger partial charge in [-0.3, -0.25) is 4.79 Å². The minimum absolute atomic E-state index is 0.0323. The Morgan fingerprint density at radius 3 is 2.36 bits per heavy atom. The molecule has 2 aliphatic rings. The second-order valence-corrected chi connectivity index (χ2v) is 7.82. The highest BCUT2D eigenvalue weighted by Gasteiger charge is 2.51. The number of nitrogens with zero attached hydrogens (tertiary/aromatic N) is 1. The lowest BCUT2D eigenvalue weighted by Gasteiger charge is -2.49. The van der Waals surface area contributed by atoms with E-state index in [1.54, 1.807) is 4.90 Å². The molecule has 1 N–H and O–H groups in total. The molecular formula is C17H30N2O3. The van der Waals surface area contributed by atoms with Crippen molar-refractivity contribution in [2.75, 3.05) is 13.1 Å². The zero-order valence-corrected chi connectivity index (χ0v) is 14.5. The van der Waals surface area contributed by atoms with Crippen molar-refractivity contribution < 1.29 is 14.3 Å². The molecule has 2 atom stereocenters. The SMILES string of the molecule is CC(C)C[C@@H](C)OC(=O)N1CCC([C@@H]2NC(=O)C2(C)C)CC1. The van der Waals surface area contributed by atoms with Crippen molar-refractivity contribution in [2.24, 2.45) is 17.3 Å². The number of β-lactam (4-membered cyclic amide) rings is 1. The van der Waals surface area contributed by atoms with Crippen LogP contribution in [0.4, 0.5) is 4.79 Å². The van der Waals surface area contributed by atoms with Crippen LogP contribution in [0.25, 0.3) is 0 Å². The Balaban J connectivity index is 1.77. The van der Waals surface area contributed by atoms with Gasteiger partial charge in [-0.15, -0.1) is 0 Å². The third-order valence-corrected chi connectivity index (χ3v) is 5.02. The Hall–Kier alpha value is -1.26. The Labute approximate surface area is 133 Å². The molecule has 2 aliphatic heterocycles. The molecule has 0 radical (unpaired) electrons. The van der Waals surface area contributed by atoms with Crippen LogP contribution in [0.15, 0.2) is 0 Å². The third kappa shape index (κ3) is 3.55. The number of ether oxygens (including phenoxy) is 1. The summed E-state index contributed by atoms with van der Waals surface area (Å²) in [6.45, 7) is 11.7. The van der Waals surface area contributed by atoms with Gasteiger partial charge in [0.2, 0.25) is 5.91 Å². The number of likely N-dealkylation sites (tertiary alicyclic amines) is 1. The van der Waals surface area contributed by atoms with Crippen LogP contribution in [-0.4, -0.2) is 42.1 Å². The third-order valence-electron chi connectivity index (χ3n) is 5.02. The topological polar surface area (TPSA) is 58.6 Å². The van der Waals surface area contributed by atoms with E-state index in [2.05, 4.69) is 19.2 Å². The molecule has 0 aromatic rings. The molecule has 0 bridgehead atoms. The lowest BCUT2D eigenvalue weighted by molar-refractivity contribution is -0.146. The van der Waals surface area contributed by atoms with Gasteiger partial charge in [0.15, 0.2) is 0 Å². The van der Waals surface area contributed by atoms with Crippen LogP contribution in [-0.2, 0) is 9.53 Å². The highest BCUT2D eigenvalue weighted by atomic mass is 16.6. The molecule has 22 heavy (non-hydrogen) atoms. The number of nitrogens with one attached hydrogen (secondary N) is 1. The molecule has 2 heterocycles. The van der Waals surface area contributed by atoms with E-state index in [-0.39, 0.29) is 29.6 Å². The van der Waals surface area contributed by atoms with Crippen LogP contribution < -0.4 is 5.32 Å². The second-order valence-electron chi connectivity index (χ2n) is 7.82. The first kappa shape index (κ1) is 17.1. The number of carbonyl (C=O) groups is 2. The van der Waals surface area contributed by atoms with E-state index in [0.29, 0.717) is 11.8 Å². The van der Waals surface area contributed by atoms with E-state index in [1.807, 2.05) is 20.8 Å². The average molecular weight is 310 g/mol. The second kappa shape index (κ2) is 6.47. The standard InChI is InChI=1S/C17H30N2O3/c1-11(2)10-12(3)22-16(21)19-8-6-13(7-9-19)14-17(4,5)15(20)18-14/h11-14H,6-10H2,1-5H3,(H,18,20)/t12-,14+/m1/s1. The largest absolute Gasteiger partial charge is 0.446 e. The molecule has 0 aromatic carbocycles. The summed E-state index contributed by atoms with van der Waals surface area (Å²) < 4.78 is 5.51. The lowest BCUT2D eigenvalue weighted by atomic mass is 9.68. The van der Waals surface area contributed by atoms with Gasteiger partial charge in [0.1, 0.15) is 6.10 Å². The van der Waals surface area contributed by atoms with Gasteiger partial charge in [-0.2, -0.15) is 0 Å². The number of hydrogen-bond donors (Lipinski definition) is 1. The van der Waals surface area contributed by atoms with Gasteiger partial charge in [0.25, 0.3) is 0 Å². The maximum absolute atomic E-state index is 12.2. The van der Waals surface area contributed by atoms with E-state index < -0.39 is 0 Å². The Morgan fingerprint density at radius 2 is 1.91 bits per heavy atom. The van der Waals surface area contributed by atoms with E-state index in [4.69, 9.17) is 4.74 Å². The number of carbonyl (C=O) groups excluding carboxylic acids is 2. The molecule has 2 amide bonds. The summed E-state index contributed by atoms with van der Waals surface area (Å²) in [5.74, 6) is 1.13. The van der Waals surface area contributed by atoms with Crippen molar-refractivity contribution in [1.29, 1.82) is 0 Å². The fraction of sp³-hybridized carbons (Fsp3) is 0.882. The van der Waals surface area contributed by atoms with Crippen LogP contribution in [0.2, 0.25) is 0 Å². The van der Waals surface area contributed by atoms with Crippen molar-refractivity contribution in [3.63, 3.8) is 0 Å². The smallest absolute Gasteiger partial charge is 0.410 e. The Morgan fingerprint density at radius 1 is 1.32 bits per heavy atom. The first-order valence-corrected chi connectivity index (χ1v) is 8.48. The quantitative estimate of drug-likeness (QED) is 0.812. The van der Waals surface area contributed by atoms with Gasteiger partial charge >= 0.3 is 6.09 Å². The summed E-state index contributed by atoms with van der Waals surface area (Å²) in [5.41, 5.74) is -0.265. The maximum Gasteiger partial charge on any atom is 0.410 e. The van der Waals surface area contributed by atoms with Gasteiger partial charge in [-0.05, 0) is 51.9 Å². The van der Waals surface area contributed by atoms with Gasteiger partial charge in [-0.25, -0.2) is 4.79 Å². The Bertz CT molecular complexity index is 426. The predicted octanol–water partition coefficient (Wildman–Crippen LogP) is 2.79. The summed E-state index contributed by atoms with van der Waals surface area (Å²) in [6.07, 6.45) is 2.53. The first-order valence-electron chi connectivity index (χ1n) is 8.48. The molecule has 0 aliphatic carbocycles. The molecule has 0 spiro atoms. The number of hydrogen-bond acceptors (Lipinski definition) is 3. The van der Waals surface area contributed by atoms with E-state index in [9.17, 15) is 9.59 Å². The van der Waals surface area contributed by atoms with Crippen LogP contribution in [0.1, 0.15) is 53.9 Å². The zero-order chi connectivity index (χ0) is 16.5. The molecule has 5 heteroatoms. The molecule has 0 aromatic heterocycles. The molecule has 2 saturated heterocycles. The maximum atomic E-state index is 12.2. The van der Waals surface area contributed by atoms with Crippen molar-refractivity contribution in [3.8, 4) is 0 Å². The van der Waals surface area contributed by atoms with Crippen molar-refractivity contribution in [2.45, 2.75) is 66.0 Å². The first-order chi connectivity index (χ1) is 10.2. The summed E-state index contributed by atoms with van der Waals surface area (Å²) in [6, 6.07) is 0.248. The molecule has 0 saturated carbocycles. The highest BCUT2D eigenvalue weighted by Crippen LogP contribution is 2.38. The highest BCUT2D eigenvalue weighted by molar-refractivity contribution is 5.89. The summed E-state index contributed by atoms with van der Waals surface area (Å²) in [7, 11) is 0. The fourth-order valence-electron chi connectivity index (χ4n) is 3.65. The van der Waals surface area contributed by atoms with Crippen LogP contribution in [0, 0.1) is 17.3 Å². The van der Waals surface area contributed by atoms with Gasteiger partial charge in [0.05, 0.1) is 5.41 Å². The fourth-order valence-corrected chi connectivity index (χ4v) is 3.65. The molecule has 126 valence electrons. The van der Waals surface area contributed by atoms with Gasteiger partial charge < -0.3 is 15.0 Å². The van der Waals surface area contributed by atoms with Gasteiger partial charge in [-0.1, -0.05) is 13.8 Å². The van der Waals surface area contributed by atoms with E-state index >= 15 is 0 Å². The predicted molar refractivity (Wildman–Crippen MR) is 85.4 cm³/mol. The minimum atomic E-state index is -0.265. The molecule has 2 rings (SSSR count). The minimum Gasteiger partial charge on any atom is -0.446 e. The van der Waals surface area contributed by atoms with E-state index in [0.717, 1.165) is 32.4 Å². The monoisotopic (exact) mass is 310 g/mol. The molecular weight excluding hydrogens is 280 g/mol. The van der Waals surface area contributed by atoms with Crippen LogP contribution >= 0.6 is 0 Å². The van der Waals surface area contributed by atoms with Crippen LogP contribution in [0.3, 0.4) is 0 Å². The van der Waals surface area contributed by atoms with Crippen LogP contribution in [0.5, 0.6) is 0 Å². The normalized spacial score (nSPS) is 26.4. The Kier molecular flexibility index (Phi) is 5.03. The summed E-state index contributed by atoms with van der Waals surface area (Å²) >= 11 is 0. The van der Waals surface area contributed by atoms with Gasteiger partial charge in [0, 0.05) is 19.1 Å². The summed E-state index contributed by atoms with van der Waals surface area (Å²) in [5, 5.41) is 3.03.